The maximum atomic E-state index is 11.7. The highest BCUT2D eigenvalue weighted by Crippen LogP contribution is 2.25. The van der Waals surface area contributed by atoms with Crippen LogP contribution in [-0.4, -0.2) is 29.4 Å². The molecule has 128 valence electrons. The zero-order valence-electron chi connectivity index (χ0n) is 14.0. The number of aromatic nitrogens is 2. The van der Waals surface area contributed by atoms with Gasteiger partial charge < -0.3 is 14.6 Å². The van der Waals surface area contributed by atoms with E-state index in [1.807, 2.05) is 31.2 Å². The van der Waals surface area contributed by atoms with Gasteiger partial charge in [-0.15, -0.1) is 0 Å². The number of rotatable bonds is 7. The molecule has 0 unspecified atom stereocenters. The smallest absolute Gasteiger partial charge is 0.414 e. The van der Waals surface area contributed by atoms with Crippen molar-refractivity contribution in [3.63, 3.8) is 0 Å². The minimum atomic E-state index is -0.308. The number of carbonyl (C=O) groups excluding carboxylic acids is 1. The first kappa shape index (κ1) is 16.3. The second-order valence-corrected chi connectivity index (χ2v) is 5.83. The Bertz CT molecular complexity index is 701. The van der Waals surface area contributed by atoms with Crippen LogP contribution >= 0.6 is 0 Å². The quantitative estimate of drug-likeness (QED) is 0.836. The second kappa shape index (κ2) is 7.33. The molecule has 0 spiro atoms. The normalized spacial score (nSPS) is 15.4. The topological polar surface area (TPSA) is 80.5 Å². The van der Waals surface area contributed by atoms with Gasteiger partial charge in [0.2, 0.25) is 5.89 Å². The van der Waals surface area contributed by atoms with Gasteiger partial charge in [0.25, 0.3) is 0 Å². The Labute approximate surface area is 141 Å². The molecule has 1 aromatic heterocycles. The fraction of sp³-hybridized carbons (Fsp3) is 0.471. The van der Waals surface area contributed by atoms with Crippen LogP contribution in [0.5, 0.6) is 0 Å². The fourth-order valence-electron chi connectivity index (χ4n) is 2.58. The van der Waals surface area contributed by atoms with Crippen LogP contribution in [0.2, 0.25) is 0 Å². The van der Waals surface area contributed by atoms with Crippen molar-refractivity contribution < 1.29 is 14.1 Å². The van der Waals surface area contributed by atoms with Gasteiger partial charge in [-0.25, -0.2) is 4.79 Å². The van der Waals surface area contributed by atoms with Crippen LogP contribution in [0.1, 0.15) is 44.4 Å². The van der Waals surface area contributed by atoms with E-state index in [9.17, 15) is 4.79 Å². The Kier molecular flexibility index (Phi) is 4.98. The average molecular weight is 330 g/mol. The van der Waals surface area contributed by atoms with E-state index >= 15 is 0 Å². The number of amides is 1. The van der Waals surface area contributed by atoms with Crippen molar-refractivity contribution in [3.8, 4) is 0 Å². The van der Waals surface area contributed by atoms with E-state index < -0.39 is 0 Å². The molecule has 7 nitrogen and oxygen atoms in total. The SMILES string of the molecule is CCCCc1noc([C@H](C)Nc2cccc(N3CCOC3=O)c2)n1. The third-order valence-electron chi connectivity index (χ3n) is 3.91. The van der Waals surface area contributed by atoms with Crippen molar-refractivity contribution in [2.45, 2.75) is 39.2 Å². The van der Waals surface area contributed by atoms with E-state index in [1.165, 1.54) is 0 Å². The number of hydrogen-bond acceptors (Lipinski definition) is 6. The van der Waals surface area contributed by atoms with Crippen LogP contribution < -0.4 is 10.2 Å². The number of nitrogens with zero attached hydrogens (tertiary/aromatic N) is 3. The zero-order chi connectivity index (χ0) is 16.9. The van der Waals surface area contributed by atoms with Gasteiger partial charge in [0, 0.05) is 17.8 Å². The van der Waals surface area contributed by atoms with Crippen molar-refractivity contribution in [1.82, 2.24) is 10.1 Å². The highest BCUT2D eigenvalue weighted by molar-refractivity contribution is 5.89. The Morgan fingerprint density at radius 3 is 3.04 bits per heavy atom. The molecule has 7 heteroatoms. The predicted octanol–water partition coefficient (Wildman–Crippen LogP) is 3.54. The first-order valence-corrected chi connectivity index (χ1v) is 8.30. The summed E-state index contributed by atoms with van der Waals surface area (Å²) in [6.07, 6.45) is 2.68. The molecule has 1 aromatic carbocycles. The summed E-state index contributed by atoms with van der Waals surface area (Å²) in [7, 11) is 0. The molecular formula is C17H22N4O3. The van der Waals surface area contributed by atoms with E-state index in [4.69, 9.17) is 9.26 Å². The third-order valence-corrected chi connectivity index (χ3v) is 3.91. The van der Waals surface area contributed by atoms with Crippen LogP contribution in [0.4, 0.5) is 16.2 Å². The number of benzene rings is 1. The molecule has 0 aliphatic carbocycles. The number of cyclic esters (lactones) is 1. The average Bonchev–Trinajstić information content (AvgIpc) is 3.22. The maximum absolute atomic E-state index is 11.7. The minimum absolute atomic E-state index is 0.117. The first-order valence-electron chi connectivity index (χ1n) is 8.30. The van der Waals surface area contributed by atoms with Crippen LogP contribution in [0.15, 0.2) is 28.8 Å². The van der Waals surface area contributed by atoms with Crippen molar-refractivity contribution in [2.75, 3.05) is 23.4 Å². The van der Waals surface area contributed by atoms with Crippen LogP contribution in [0.25, 0.3) is 0 Å². The lowest BCUT2D eigenvalue weighted by Gasteiger charge is -2.16. The number of unbranched alkanes of at least 4 members (excludes halogenated alkanes) is 1. The highest BCUT2D eigenvalue weighted by atomic mass is 16.6. The molecule has 1 aliphatic rings. The van der Waals surface area contributed by atoms with Gasteiger partial charge in [-0.05, 0) is 31.5 Å². The molecule has 1 N–H and O–H groups in total. The molecule has 0 radical (unpaired) electrons. The minimum Gasteiger partial charge on any atom is -0.447 e. The molecular weight excluding hydrogens is 308 g/mol. The van der Waals surface area contributed by atoms with Crippen molar-refractivity contribution in [3.05, 3.63) is 36.0 Å². The Hall–Kier alpha value is -2.57. The first-order chi connectivity index (χ1) is 11.7. The van der Waals surface area contributed by atoms with Gasteiger partial charge >= 0.3 is 6.09 Å². The summed E-state index contributed by atoms with van der Waals surface area (Å²) in [4.78, 5) is 17.7. The van der Waals surface area contributed by atoms with Gasteiger partial charge in [0.1, 0.15) is 12.6 Å². The monoisotopic (exact) mass is 330 g/mol. The molecule has 1 aliphatic heterocycles. The molecule has 24 heavy (non-hydrogen) atoms. The summed E-state index contributed by atoms with van der Waals surface area (Å²) < 4.78 is 10.3. The van der Waals surface area contributed by atoms with Crippen molar-refractivity contribution >= 4 is 17.5 Å². The van der Waals surface area contributed by atoms with Gasteiger partial charge in [-0.2, -0.15) is 4.98 Å². The molecule has 2 heterocycles. The largest absolute Gasteiger partial charge is 0.447 e. The molecule has 1 amide bonds. The van der Waals surface area contributed by atoms with E-state index in [0.29, 0.717) is 19.0 Å². The second-order valence-electron chi connectivity index (χ2n) is 5.83. The van der Waals surface area contributed by atoms with E-state index in [-0.39, 0.29) is 12.1 Å². The summed E-state index contributed by atoms with van der Waals surface area (Å²) in [5, 5.41) is 7.34. The molecule has 1 saturated heterocycles. The highest BCUT2D eigenvalue weighted by Gasteiger charge is 2.23. The number of nitrogens with one attached hydrogen (secondary N) is 1. The van der Waals surface area contributed by atoms with E-state index in [2.05, 4.69) is 22.4 Å². The van der Waals surface area contributed by atoms with Gasteiger partial charge in [-0.1, -0.05) is 24.6 Å². The van der Waals surface area contributed by atoms with Crippen LogP contribution in [-0.2, 0) is 11.2 Å². The molecule has 3 rings (SSSR count). The molecule has 1 fully saturated rings. The standard InChI is InChI=1S/C17H22N4O3/c1-3-4-8-15-19-16(24-20-15)12(2)18-13-6-5-7-14(11-13)21-9-10-23-17(21)22/h5-7,11-12,18H,3-4,8-10H2,1-2H3/t12-/m0/s1. The number of carbonyl (C=O) groups is 1. The lowest BCUT2D eigenvalue weighted by Crippen LogP contribution is -2.23. The van der Waals surface area contributed by atoms with Crippen molar-refractivity contribution in [2.24, 2.45) is 0 Å². The molecule has 0 saturated carbocycles. The van der Waals surface area contributed by atoms with Gasteiger partial charge in [0.05, 0.1) is 6.54 Å². The lowest BCUT2D eigenvalue weighted by atomic mass is 10.2. The van der Waals surface area contributed by atoms with Gasteiger partial charge in [-0.3, -0.25) is 4.90 Å². The molecule has 0 bridgehead atoms. The van der Waals surface area contributed by atoms with Gasteiger partial charge in [0.15, 0.2) is 5.82 Å². The lowest BCUT2D eigenvalue weighted by molar-refractivity contribution is 0.181. The van der Waals surface area contributed by atoms with Crippen LogP contribution in [0.3, 0.4) is 0 Å². The molecule has 1 atom stereocenters. The van der Waals surface area contributed by atoms with E-state index in [1.54, 1.807) is 4.90 Å². The summed E-state index contributed by atoms with van der Waals surface area (Å²) in [6.45, 7) is 5.10. The summed E-state index contributed by atoms with van der Waals surface area (Å²) in [5.41, 5.74) is 1.69. The fourth-order valence-corrected chi connectivity index (χ4v) is 2.58. The number of hydrogen-bond donors (Lipinski definition) is 1. The zero-order valence-corrected chi connectivity index (χ0v) is 14.0. The summed E-state index contributed by atoms with van der Waals surface area (Å²) >= 11 is 0. The number of anilines is 2. The maximum Gasteiger partial charge on any atom is 0.414 e. The van der Waals surface area contributed by atoms with E-state index in [0.717, 1.165) is 36.5 Å². The summed E-state index contributed by atoms with van der Waals surface area (Å²) in [6, 6.07) is 7.52. The number of aryl methyl sites for hydroxylation is 1. The number of ether oxygens (including phenoxy) is 1. The Morgan fingerprint density at radius 1 is 1.42 bits per heavy atom. The Morgan fingerprint density at radius 2 is 2.29 bits per heavy atom. The Balaban J connectivity index is 1.67. The van der Waals surface area contributed by atoms with Crippen LogP contribution in [0, 0.1) is 0 Å². The summed E-state index contributed by atoms with van der Waals surface area (Å²) in [5.74, 6) is 1.31. The third kappa shape index (κ3) is 3.67. The van der Waals surface area contributed by atoms with Crippen molar-refractivity contribution in [1.29, 1.82) is 0 Å². The predicted molar refractivity (Wildman–Crippen MR) is 90.1 cm³/mol. The molecule has 2 aromatic rings.